The molecule has 2 aliphatic rings. The van der Waals surface area contributed by atoms with Crippen molar-refractivity contribution >= 4 is 0 Å². The zero-order chi connectivity index (χ0) is 10.3. The highest BCUT2D eigenvalue weighted by Crippen LogP contribution is 2.36. The smallest absolute Gasteiger partial charge is 0.119 e. The van der Waals surface area contributed by atoms with Gasteiger partial charge in [-0.3, -0.25) is 0 Å². The minimum absolute atomic E-state index is 0.404. The SMILES string of the molecule is Oc1cccc2c1CCC2NC1COC1. The number of ether oxygens (including phenoxy) is 1. The third-order valence-corrected chi connectivity index (χ3v) is 3.32. The van der Waals surface area contributed by atoms with Crippen molar-refractivity contribution in [3.8, 4) is 5.75 Å². The molecule has 0 aromatic heterocycles. The van der Waals surface area contributed by atoms with Gasteiger partial charge in [-0.15, -0.1) is 0 Å². The summed E-state index contributed by atoms with van der Waals surface area (Å²) in [5.74, 6) is 0.446. The van der Waals surface area contributed by atoms with Crippen molar-refractivity contribution in [2.45, 2.75) is 24.9 Å². The minimum atomic E-state index is 0.404. The number of phenolic OH excluding ortho intramolecular Hbond substituents is 1. The van der Waals surface area contributed by atoms with E-state index in [1.54, 1.807) is 6.07 Å². The first-order valence-corrected chi connectivity index (χ1v) is 5.49. The standard InChI is InChI=1S/C12H15NO2/c14-12-3-1-2-9-10(12)4-5-11(9)13-8-6-15-7-8/h1-3,8,11,13-14H,4-7H2. The molecule has 1 aromatic rings. The Morgan fingerprint density at radius 2 is 2.20 bits per heavy atom. The Morgan fingerprint density at radius 3 is 2.93 bits per heavy atom. The van der Waals surface area contributed by atoms with Crippen molar-refractivity contribution in [2.24, 2.45) is 0 Å². The molecule has 0 bridgehead atoms. The molecule has 3 nitrogen and oxygen atoms in total. The van der Waals surface area contributed by atoms with Crippen molar-refractivity contribution < 1.29 is 9.84 Å². The van der Waals surface area contributed by atoms with Crippen LogP contribution >= 0.6 is 0 Å². The van der Waals surface area contributed by atoms with E-state index in [1.807, 2.05) is 6.07 Å². The molecule has 1 aliphatic carbocycles. The maximum atomic E-state index is 9.70. The number of benzene rings is 1. The van der Waals surface area contributed by atoms with E-state index in [2.05, 4.69) is 11.4 Å². The van der Waals surface area contributed by atoms with Gasteiger partial charge in [-0.25, -0.2) is 0 Å². The minimum Gasteiger partial charge on any atom is -0.508 e. The van der Waals surface area contributed by atoms with Gasteiger partial charge >= 0.3 is 0 Å². The van der Waals surface area contributed by atoms with Crippen LogP contribution in [0.1, 0.15) is 23.6 Å². The number of hydrogen-bond donors (Lipinski definition) is 2. The predicted octanol–water partition coefficient (Wildman–Crippen LogP) is 1.37. The fourth-order valence-electron chi connectivity index (χ4n) is 2.42. The van der Waals surface area contributed by atoms with Crippen molar-refractivity contribution in [3.05, 3.63) is 29.3 Å². The summed E-state index contributed by atoms with van der Waals surface area (Å²) in [6, 6.07) is 6.71. The van der Waals surface area contributed by atoms with Crippen LogP contribution in [0.4, 0.5) is 0 Å². The molecule has 1 fully saturated rings. The second-order valence-electron chi connectivity index (χ2n) is 4.34. The van der Waals surface area contributed by atoms with E-state index in [4.69, 9.17) is 4.74 Å². The highest BCUT2D eigenvalue weighted by molar-refractivity contribution is 5.44. The zero-order valence-electron chi connectivity index (χ0n) is 8.57. The molecule has 0 amide bonds. The highest BCUT2D eigenvalue weighted by atomic mass is 16.5. The molecule has 1 saturated heterocycles. The fourth-order valence-corrected chi connectivity index (χ4v) is 2.42. The summed E-state index contributed by atoms with van der Waals surface area (Å²) in [5, 5.41) is 13.3. The van der Waals surface area contributed by atoms with Crippen LogP contribution in [0.25, 0.3) is 0 Å². The molecule has 0 spiro atoms. The average Bonchev–Trinajstić information content (AvgIpc) is 2.56. The molecule has 3 rings (SSSR count). The van der Waals surface area contributed by atoms with Crippen LogP contribution in [0.5, 0.6) is 5.75 Å². The third-order valence-electron chi connectivity index (χ3n) is 3.32. The van der Waals surface area contributed by atoms with Gasteiger partial charge in [-0.05, 0) is 30.0 Å². The van der Waals surface area contributed by atoms with Crippen LogP contribution in [-0.2, 0) is 11.2 Å². The maximum absolute atomic E-state index is 9.70. The van der Waals surface area contributed by atoms with E-state index in [1.165, 1.54) is 5.56 Å². The van der Waals surface area contributed by atoms with E-state index in [9.17, 15) is 5.11 Å². The number of fused-ring (bicyclic) bond motifs is 1. The van der Waals surface area contributed by atoms with Gasteiger partial charge in [-0.2, -0.15) is 0 Å². The summed E-state index contributed by atoms with van der Waals surface area (Å²) in [5.41, 5.74) is 2.39. The normalized spacial score (nSPS) is 24.9. The molecule has 0 radical (unpaired) electrons. The zero-order valence-corrected chi connectivity index (χ0v) is 8.57. The average molecular weight is 205 g/mol. The second kappa shape index (κ2) is 3.51. The predicted molar refractivity (Wildman–Crippen MR) is 56.9 cm³/mol. The number of rotatable bonds is 2. The Kier molecular flexibility index (Phi) is 2.15. The van der Waals surface area contributed by atoms with Crippen LogP contribution < -0.4 is 5.32 Å². The fraction of sp³-hybridized carbons (Fsp3) is 0.500. The summed E-state index contributed by atoms with van der Waals surface area (Å²) in [6.45, 7) is 1.65. The van der Waals surface area contributed by atoms with Gasteiger partial charge in [0.15, 0.2) is 0 Å². The number of phenols is 1. The lowest BCUT2D eigenvalue weighted by molar-refractivity contribution is -0.0100. The van der Waals surface area contributed by atoms with Gasteiger partial charge in [0.25, 0.3) is 0 Å². The lowest BCUT2D eigenvalue weighted by atomic mass is 10.1. The second-order valence-corrected chi connectivity index (χ2v) is 4.34. The molecule has 1 unspecified atom stereocenters. The Bertz CT molecular complexity index is 374. The molecule has 1 aliphatic heterocycles. The monoisotopic (exact) mass is 205 g/mol. The summed E-state index contributed by atoms with van der Waals surface area (Å²) in [6.07, 6.45) is 2.07. The Morgan fingerprint density at radius 1 is 1.33 bits per heavy atom. The molecule has 3 heteroatoms. The third kappa shape index (κ3) is 1.52. The molecule has 1 heterocycles. The van der Waals surface area contributed by atoms with Gasteiger partial charge in [0.05, 0.1) is 19.3 Å². The number of nitrogens with one attached hydrogen (secondary N) is 1. The summed E-state index contributed by atoms with van der Waals surface area (Å²) in [4.78, 5) is 0. The topological polar surface area (TPSA) is 41.5 Å². The Balaban J connectivity index is 1.81. The van der Waals surface area contributed by atoms with E-state index in [0.29, 0.717) is 17.8 Å². The molecule has 2 N–H and O–H groups in total. The van der Waals surface area contributed by atoms with Crippen LogP contribution in [0, 0.1) is 0 Å². The first-order chi connectivity index (χ1) is 7.34. The van der Waals surface area contributed by atoms with Gasteiger partial charge in [0, 0.05) is 6.04 Å². The summed E-state index contributed by atoms with van der Waals surface area (Å²) >= 11 is 0. The molecule has 1 atom stereocenters. The van der Waals surface area contributed by atoms with E-state index < -0.39 is 0 Å². The van der Waals surface area contributed by atoms with Crippen LogP contribution in [0.2, 0.25) is 0 Å². The summed E-state index contributed by atoms with van der Waals surface area (Å²) in [7, 11) is 0. The summed E-state index contributed by atoms with van der Waals surface area (Å²) < 4.78 is 5.14. The van der Waals surface area contributed by atoms with Crippen molar-refractivity contribution in [3.63, 3.8) is 0 Å². The Labute approximate surface area is 89.1 Å². The largest absolute Gasteiger partial charge is 0.508 e. The lowest BCUT2D eigenvalue weighted by Gasteiger charge is -2.30. The molecule has 15 heavy (non-hydrogen) atoms. The lowest BCUT2D eigenvalue weighted by Crippen LogP contribution is -2.46. The molecule has 80 valence electrons. The van der Waals surface area contributed by atoms with Crippen LogP contribution in [0.3, 0.4) is 0 Å². The molecular weight excluding hydrogens is 190 g/mol. The van der Waals surface area contributed by atoms with Crippen LogP contribution in [-0.4, -0.2) is 24.4 Å². The number of hydrogen-bond acceptors (Lipinski definition) is 3. The van der Waals surface area contributed by atoms with E-state index in [0.717, 1.165) is 31.6 Å². The van der Waals surface area contributed by atoms with E-state index >= 15 is 0 Å². The van der Waals surface area contributed by atoms with Gasteiger partial charge in [-0.1, -0.05) is 12.1 Å². The maximum Gasteiger partial charge on any atom is 0.119 e. The van der Waals surface area contributed by atoms with Crippen molar-refractivity contribution in [1.29, 1.82) is 0 Å². The molecule has 1 aromatic carbocycles. The molecular formula is C12H15NO2. The first kappa shape index (κ1) is 9.19. The highest BCUT2D eigenvalue weighted by Gasteiger charge is 2.28. The van der Waals surface area contributed by atoms with E-state index in [-0.39, 0.29) is 0 Å². The van der Waals surface area contributed by atoms with Gasteiger partial charge in [0.1, 0.15) is 5.75 Å². The quantitative estimate of drug-likeness (QED) is 0.766. The van der Waals surface area contributed by atoms with Crippen LogP contribution in [0.15, 0.2) is 18.2 Å². The molecule has 0 saturated carbocycles. The Hall–Kier alpha value is -1.06. The number of aromatic hydroxyl groups is 1. The first-order valence-electron chi connectivity index (χ1n) is 5.49. The van der Waals surface area contributed by atoms with Crippen molar-refractivity contribution in [1.82, 2.24) is 5.32 Å². The van der Waals surface area contributed by atoms with Gasteiger partial charge < -0.3 is 15.2 Å². The van der Waals surface area contributed by atoms with Gasteiger partial charge in [0.2, 0.25) is 0 Å². The van der Waals surface area contributed by atoms with Crippen molar-refractivity contribution in [2.75, 3.05) is 13.2 Å².